The topological polar surface area (TPSA) is 86.3 Å². The van der Waals surface area contributed by atoms with E-state index in [4.69, 9.17) is 18.9 Å². The van der Waals surface area contributed by atoms with Crippen LogP contribution in [-0.4, -0.2) is 70.1 Å². The molecule has 2 aliphatic rings. The molecule has 1 aliphatic heterocycles. The number of benzene rings is 1. The maximum Gasteiger partial charge on any atom is 0.318 e. The van der Waals surface area contributed by atoms with Gasteiger partial charge in [0.1, 0.15) is 0 Å². The van der Waals surface area contributed by atoms with Crippen LogP contribution in [0.25, 0.3) is 0 Å². The second kappa shape index (κ2) is 10.3. The van der Waals surface area contributed by atoms with Gasteiger partial charge >= 0.3 is 12.0 Å². The van der Waals surface area contributed by atoms with Crippen LogP contribution in [0.1, 0.15) is 24.8 Å². The van der Waals surface area contributed by atoms with Gasteiger partial charge in [-0.3, -0.25) is 4.79 Å². The van der Waals surface area contributed by atoms with Gasteiger partial charge in [0.15, 0.2) is 11.5 Å². The molecule has 0 aromatic heterocycles. The van der Waals surface area contributed by atoms with Crippen LogP contribution in [0.5, 0.6) is 11.5 Å². The van der Waals surface area contributed by atoms with Crippen molar-refractivity contribution in [2.75, 3.05) is 47.1 Å². The minimum atomic E-state index is -0.494. The van der Waals surface area contributed by atoms with Gasteiger partial charge in [-0.15, -0.1) is 0 Å². The highest BCUT2D eigenvalue weighted by molar-refractivity contribution is 5.80. The molecule has 164 valence electrons. The Labute approximate surface area is 177 Å². The molecule has 3 atom stereocenters. The number of carbonyl (C=O) groups is 2. The van der Waals surface area contributed by atoms with Gasteiger partial charge in [0.05, 0.1) is 40.0 Å². The van der Waals surface area contributed by atoms with E-state index in [1.54, 1.807) is 32.1 Å². The number of rotatable bonds is 7. The molecule has 0 radical (unpaired) electrons. The van der Waals surface area contributed by atoms with E-state index in [2.05, 4.69) is 5.32 Å². The zero-order valence-corrected chi connectivity index (χ0v) is 17.8. The lowest BCUT2D eigenvalue weighted by molar-refractivity contribution is -0.146. The maximum atomic E-state index is 12.8. The number of methoxy groups -OCH3 is 2. The second-order valence-corrected chi connectivity index (χ2v) is 7.28. The summed E-state index contributed by atoms with van der Waals surface area (Å²) >= 11 is 0. The van der Waals surface area contributed by atoms with Crippen molar-refractivity contribution in [1.82, 2.24) is 10.2 Å². The summed E-state index contributed by atoms with van der Waals surface area (Å²) < 4.78 is 21.4. The Morgan fingerprint density at radius 1 is 1.17 bits per heavy atom. The van der Waals surface area contributed by atoms with Crippen molar-refractivity contribution >= 4 is 12.0 Å². The Hall–Kier alpha value is -2.74. The summed E-state index contributed by atoms with van der Waals surface area (Å²) in [5, 5.41) is 3.04. The van der Waals surface area contributed by atoms with E-state index >= 15 is 0 Å². The van der Waals surface area contributed by atoms with Crippen LogP contribution in [0.2, 0.25) is 0 Å². The number of esters is 1. The molecule has 0 bridgehead atoms. The van der Waals surface area contributed by atoms with Crippen molar-refractivity contribution in [2.45, 2.75) is 25.3 Å². The van der Waals surface area contributed by atoms with Crippen molar-refractivity contribution in [1.29, 1.82) is 0 Å². The first-order valence-corrected chi connectivity index (χ1v) is 10.3. The molecule has 1 aromatic carbocycles. The van der Waals surface area contributed by atoms with E-state index in [1.165, 1.54) is 0 Å². The summed E-state index contributed by atoms with van der Waals surface area (Å²) in [4.78, 5) is 27.1. The van der Waals surface area contributed by atoms with Crippen LogP contribution in [0.3, 0.4) is 0 Å². The van der Waals surface area contributed by atoms with Gasteiger partial charge in [-0.05, 0) is 37.0 Å². The smallest absolute Gasteiger partial charge is 0.318 e. The predicted molar refractivity (Wildman–Crippen MR) is 111 cm³/mol. The third kappa shape index (κ3) is 5.05. The molecular formula is C22H30N2O6. The summed E-state index contributed by atoms with van der Waals surface area (Å²) in [7, 11) is 3.13. The monoisotopic (exact) mass is 418 g/mol. The van der Waals surface area contributed by atoms with Crippen molar-refractivity contribution in [3.63, 3.8) is 0 Å². The molecule has 1 aromatic rings. The molecule has 2 amide bonds. The molecule has 8 nitrogen and oxygen atoms in total. The standard InChI is InChI=1S/C22H30N2O6/c1-4-30-21(25)20(16-6-8-18(27-2)19(14-16)28-3)15-5-7-17(13-15)23-22(26)24-9-11-29-12-10-24/h5-8,14-15,17,20H,4,9-13H2,1-3H3,(H,23,26). The first-order valence-electron chi connectivity index (χ1n) is 10.3. The van der Waals surface area contributed by atoms with E-state index in [0.29, 0.717) is 50.8 Å². The van der Waals surface area contributed by atoms with E-state index < -0.39 is 5.92 Å². The van der Waals surface area contributed by atoms with E-state index in [1.807, 2.05) is 24.3 Å². The SMILES string of the molecule is CCOC(=O)C(c1ccc(OC)c(OC)c1)C1C=CC(NC(=O)N2CCOCC2)C1. The lowest BCUT2D eigenvalue weighted by Crippen LogP contribution is -2.48. The minimum Gasteiger partial charge on any atom is -0.493 e. The number of nitrogens with one attached hydrogen (secondary N) is 1. The van der Waals surface area contributed by atoms with Crippen LogP contribution >= 0.6 is 0 Å². The van der Waals surface area contributed by atoms with Crippen LogP contribution in [0.4, 0.5) is 4.79 Å². The molecule has 1 N–H and O–H groups in total. The molecule has 3 unspecified atom stereocenters. The molecular weight excluding hydrogens is 388 g/mol. The molecule has 1 heterocycles. The zero-order chi connectivity index (χ0) is 21.5. The van der Waals surface area contributed by atoms with Gasteiger partial charge in [-0.2, -0.15) is 0 Å². The number of urea groups is 1. The van der Waals surface area contributed by atoms with Crippen molar-refractivity contribution in [3.05, 3.63) is 35.9 Å². The molecule has 8 heteroatoms. The normalized spacial score (nSPS) is 21.8. The molecule has 0 spiro atoms. The Balaban J connectivity index is 1.73. The summed E-state index contributed by atoms with van der Waals surface area (Å²) in [5.41, 5.74) is 0.793. The number of hydrogen-bond donors (Lipinski definition) is 1. The largest absolute Gasteiger partial charge is 0.493 e. The second-order valence-electron chi connectivity index (χ2n) is 7.28. The summed E-state index contributed by atoms with van der Waals surface area (Å²) in [5.74, 6) is 0.271. The quantitative estimate of drug-likeness (QED) is 0.540. The Kier molecular flexibility index (Phi) is 7.57. The zero-order valence-electron chi connectivity index (χ0n) is 17.8. The van der Waals surface area contributed by atoms with Gasteiger partial charge in [0.2, 0.25) is 0 Å². The Morgan fingerprint density at radius 2 is 1.90 bits per heavy atom. The van der Waals surface area contributed by atoms with Crippen LogP contribution < -0.4 is 14.8 Å². The summed E-state index contributed by atoms with van der Waals surface area (Å²) in [6.07, 6.45) is 4.56. The van der Waals surface area contributed by atoms with Gasteiger partial charge in [-0.1, -0.05) is 18.2 Å². The average molecular weight is 418 g/mol. The fourth-order valence-electron chi connectivity index (χ4n) is 3.93. The van der Waals surface area contributed by atoms with Gasteiger partial charge < -0.3 is 29.2 Å². The molecule has 0 saturated carbocycles. The lowest BCUT2D eigenvalue weighted by Gasteiger charge is -2.28. The molecule has 3 rings (SSSR count). The maximum absolute atomic E-state index is 12.8. The molecule has 1 fully saturated rings. The molecule has 30 heavy (non-hydrogen) atoms. The molecule has 1 aliphatic carbocycles. The number of ether oxygens (including phenoxy) is 4. The van der Waals surface area contributed by atoms with E-state index in [-0.39, 0.29) is 24.0 Å². The highest BCUT2D eigenvalue weighted by Gasteiger charge is 2.35. The van der Waals surface area contributed by atoms with Crippen LogP contribution in [0, 0.1) is 5.92 Å². The number of carbonyl (C=O) groups excluding carboxylic acids is 2. The first-order chi connectivity index (χ1) is 14.6. The number of allylic oxidation sites excluding steroid dienone is 1. The summed E-state index contributed by atoms with van der Waals surface area (Å²) in [6.45, 7) is 4.38. The average Bonchev–Trinajstić information content (AvgIpc) is 3.22. The number of nitrogens with zero attached hydrogens (tertiary/aromatic N) is 1. The van der Waals surface area contributed by atoms with E-state index in [0.717, 1.165) is 5.56 Å². The number of amides is 2. The predicted octanol–water partition coefficient (Wildman–Crippen LogP) is 2.34. The van der Waals surface area contributed by atoms with Gasteiger partial charge in [0.25, 0.3) is 0 Å². The Bertz CT molecular complexity index is 775. The number of hydrogen-bond acceptors (Lipinski definition) is 6. The Morgan fingerprint density at radius 3 is 2.57 bits per heavy atom. The third-order valence-corrected chi connectivity index (χ3v) is 5.46. The van der Waals surface area contributed by atoms with Crippen molar-refractivity contribution < 1.29 is 28.5 Å². The van der Waals surface area contributed by atoms with Crippen LogP contribution in [0.15, 0.2) is 30.4 Å². The first kappa shape index (κ1) is 22.0. The minimum absolute atomic E-state index is 0.0999. The fourth-order valence-corrected chi connectivity index (χ4v) is 3.93. The van der Waals surface area contributed by atoms with Crippen LogP contribution in [-0.2, 0) is 14.3 Å². The molecule has 1 saturated heterocycles. The van der Waals surface area contributed by atoms with Crippen molar-refractivity contribution in [2.24, 2.45) is 5.92 Å². The fraction of sp³-hybridized carbons (Fsp3) is 0.545. The van der Waals surface area contributed by atoms with Gasteiger partial charge in [-0.25, -0.2) is 4.79 Å². The highest BCUT2D eigenvalue weighted by Crippen LogP contribution is 2.38. The van der Waals surface area contributed by atoms with E-state index in [9.17, 15) is 9.59 Å². The number of morpholine rings is 1. The van der Waals surface area contributed by atoms with Crippen molar-refractivity contribution in [3.8, 4) is 11.5 Å². The lowest BCUT2D eigenvalue weighted by atomic mass is 9.85. The van der Waals surface area contributed by atoms with Gasteiger partial charge in [0, 0.05) is 19.1 Å². The summed E-state index contributed by atoms with van der Waals surface area (Å²) in [6, 6.07) is 5.22. The third-order valence-electron chi connectivity index (χ3n) is 5.46. The highest BCUT2D eigenvalue weighted by atomic mass is 16.5.